The van der Waals surface area contributed by atoms with Crippen molar-refractivity contribution in [3.05, 3.63) is 96.1 Å². The monoisotopic (exact) mass is 537 g/mol. The van der Waals surface area contributed by atoms with Gasteiger partial charge in [-0.05, 0) is 72.8 Å². The molecule has 0 radical (unpaired) electrons. The molecule has 10 heteroatoms. The summed E-state index contributed by atoms with van der Waals surface area (Å²) in [6, 6.07) is 23.5. The molecule has 4 rings (SSSR count). The van der Waals surface area contributed by atoms with Gasteiger partial charge < -0.3 is 5.32 Å². The first kappa shape index (κ1) is 26.2. The van der Waals surface area contributed by atoms with E-state index in [1.165, 1.54) is 24.3 Å². The molecule has 0 aliphatic carbocycles. The van der Waals surface area contributed by atoms with Gasteiger partial charge in [-0.3, -0.25) is 13.8 Å². The number of nitrogens with zero attached hydrogens (tertiary/aromatic N) is 1. The number of fused-ring (bicyclic) bond motifs is 1. The van der Waals surface area contributed by atoms with Crippen molar-refractivity contribution in [2.75, 3.05) is 27.1 Å². The Morgan fingerprint density at radius 1 is 0.784 bits per heavy atom. The highest BCUT2D eigenvalue weighted by molar-refractivity contribution is 7.92. The molecule has 0 bridgehead atoms. The van der Waals surface area contributed by atoms with Gasteiger partial charge in [-0.15, -0.1) is 0 Å². The molecule has 1 amide bonds. The zero-order valence-corrected chi connectivity index (χ0v) is 22.2. The first-order valence-electron chi connectivity index (χ1n) is 11.4. The fraction of sp³-hybridized carbons (Fsp3) is 0.148. The highest BCUT2D eigenvalue weighted by Crippen LogP contribution is 2.28. The normalized spacial score (nSPS) is 11.8. The number of rotatable bonds is 8. The van der Waals surface area contributed by atoms with Gasteiger partial charge in [0.25, 0.3) is 10.0 Å². The summed E-state index contributed by atoms with van der Waals surface area (Å²) >= 11 is 0. The number of benzene rings is 4. The summed E-state index contributed by atoms with van der Waals surface area (Å²) in [7, 11) is -7.61. The average Bonchev–Trinajstić information content (AvgIpc) is 2.84. The highest BCUT2D eigenvalue weighted by atomic mass is 32.2. The molecule has 4 aromatic rings. The van der Waals surface area contributed by atoms with E-state index in [1.807, 2.05) is 38.1 Å². The van der Waals surface area contributed by atoms with E-state index in [0.29, 0.717) is 22.4 Å². The van der Waals surface area contributed by atoms with Crippen LogP contribution in [0.1, 0.15) is 11.1 Å². The molecule has 0 heterocycles. The lowest BCUT2D eigenvalue weighted by Crippen LogP contribution is -2.37. The predicted molar refractivity (Wildman–Crippen MR) is 148 cm³/mol. The molecule has 0 fully saturated rings. The zero-order valence-electron chi connectivity index (χ0n) is 20.6. The Balaban J connectivity index is 1.50. The number of carbonyl (C=O) groups is 1. The molecule has 2 N–H and O–H groups in total. The highest BCUT2D eigenvalue weighted by Gasteiger charge is 2.23. The number of hydrogen-bond acceptors (Lipinski definition) is 5. The minimum atomic E-state index is -3.83. The Kier molecular flexibility index (Phi) is 7.24. The van der Waals surface area contributed by atoms with Gasteiger partial charge in [0.05, 0.1) is 16.8 Å². The third-order valence-corrected chi connectivity index (χ3v) is 8.45. The lowest BCUT2D eigenvalue weighted by Gasteiger charge is -2.23. The maximum atomic E-state index is 12.8. The molecule has 0 aliphatic heterocycles. The number of sulfonamides is 2. The first-order chi connectivity index (χ1) is 17.4. The Hall–Kier alpha value is -3.89. The topological polar surface area (TPSA) is 113 Å². The SMILES string of the molecule is Cc1ccc(NS(=O)(=O)c2ccc(NC(=O)CN(c3cccc4ccccc34)S(C)(=O)=O)cc2)cc1C. The Morgan fingerprint density at radius 2 is 1.43 bits per heavy atom. The number of amides is 1. The molecular formula is C27H27N3O5S2. The third-order valence-electron chi connectivity index (χ3n) is 5.93. The van der Waals surface area contributed by atoms with E-state index in [-0.39, 0.29) is 4.90 Å². The summed E-state index contributed by atoms with van der Waals surface area (Å²) in [6.07, 6.45) is 1.05. The summed E-state index contributed by atoms with van der Waals surface area (Å²) in [5.41, 5.74) is 3.20. The first-order valence-corrected chi connectivity index (χ1v) is 14.7. The van der Waals surface area contributed by atoms with E-state index in [9.17, 15) is 21.6 Å². The summed E-state index contributed by atoms with van der Waals surface area (Å²) < 4.78 is 54.3. The van der Waals surface area contributed by atoms with Crippen LogP contribution < -0.4 is 14.3 Å². The van der Waals surface area contributed by atoms with Gasteiger partial charge in [0.15, 0.2) is 0 Å². The van der Waals surface area contributed by atoms with E-state index in [0.717, 1.165) is 27.1 Å². The van der Waals surface area contributed by atoms with Crippen LogP contribution >= 0.6 is 0 Å². The molecule has 8 nitrogen and oxygen atoms in total. The molecule has 0 aromatic heterocycles. The van der Waals surface area contributed by atoms with Crippen LogP contribution in [0.15, 0.2) is 89.8 Å². The lowest BCUT2D eigenvalue weighted by atomic mass is 10.1. The van der Waals surface area contributed by atoms with Gasteiger partial charge in [-0.2, -0.15) is 0 Å². The van der Waals surface area contributed by atoms with E-state index in [2.05, 4.69) is 10.0 Å². The van der Waals surface area contributed by atoms with Crippen LogP contribution in [0.25, 0.3) is 10.8 Å². The molecule has 0 aliphatic rings. The predicted octanol–water partition coefficient (Wildman–Crippen LogP) is 4.66. The van der Waals surface area contributed by atoms with E-state index in [1.54, 1.807) is 36.4 Å². The van der Waals surface area contributed by atoms with Crippen LogP contribution in [0.5, 0.6) is 0 Å². The fourth-order valence-corrected chi connectivity index (χ4v) is 5.79. The zero-order chi connectivity index (χ0) is 26.8. The summed E-state index contributed by atoms with van der Waals surface area (Å²) in [5.74, 6) is -0.567. The van der Waals surface area contributed by atoms with E-state index in [4.69, 9.17) is 0 Å². The second-order valence-corrected chi connectivity index (χ2v) is 12.3. The minimum absolute atomic E-state index is 0.0252. The van der Waals surface area contributed by atoms with Crippen molar-refractivity contribution < 1.29 is 21.6 Å². The number of hydrogen-bond donors (Lipinski definition) is 2. The smallest absolute Gasteiger partial charge is 0.261 e. The number of anilines is 3. The molecule has 0 unspecified atom stereocenters. The second kappa shape index (κ2) is 10.2. The van der Waals surface area contributed by atoms with Crippen molar-refractivity contribution >= 4 is 53.8 Å². The van der Waals surface area contributed by atoms with Crippen molar-refractivity contribution in [3.63, 3.8) is 0 Å². The minimum Gasteiger partial charge on any atom is -0.325 e. The molecule has 192 valence electrons. The third kappa shape index (κ3) is 6.10. The van der Waals surface area contributed by atoms with Gasteiger partial charge in [-0.1, -0.05) is 42.5 Å². The van der Waals surface area contributed by atoms with Crippen molar-refractivity contribution in [3.8, 4) is 0 Å². The molecule has 0 atom stereocenters. The quantitative estimate of drug-likeness (QED) is 0.339. The van der Waals surface area contributed by atoms with Gasteiger partial charge >= 0.3 is 0 Å². The van der Waals surface area contributed by atoms with E-state index < -0.39 is 32.5 Å². The van der Waals surface area contributed by atoms with Crippen LogP contribution in [0.2, 0.25) is 0 Å². The second-order valence-electron chi connectivity index (χ2n) is 8.74. The van der Waals surface area contributed by atoms with E-state index >= 15 is 0 Å². The van der Waals surface area contributed by atoms with Gasteiger partial charge in [0, 0.05) is 16.8 Å². The fourth-order valence-electron chi connectivity index (χ4n) is 3.87. The summed E-state index contributed by atoms with van der Waals surface area (Å²) in [6.45, 7) is 3.40. The molecule has 0 spiro atoms. The Morgan fingerprint density at radius 3 is 2.11 bits per heavy atom. The largest absolute Gasteiger partial charge is 0.325 e. The Bertz CT molecular complexity index is 1680. The molecule has 4 aromatic carbocycles. The van der Waals surface area contributed by atoms with Crippen molar-refractivity contribution in [2.45, 2.75) is 18.7 Å². The molecular weight excluding hydrogens is 510 g/mol. The van der Waals surface area contributed by atoms with Crippen LogP contribution in [-0.4, -0.2) is 35.5 Å². The van der Waals surface area contributed by atoms with Crippen LogP contribution in [0.3, 0.4) is 0 Å². The number of nitrogens with one attached hydrogen (secondary N) is 2. The standard InChI is InChI=1S/C27H27N3O5S2/c1-19-11-12-23(17-20(19)2)29-37(34,35)24-15-13-22(14-16-24)28-27(31)18-30(36(3,32)33)26-10-6-8-21-7-4-5-9-25(21)26/h4-17,29H,18H2,1-3H3,(H,28,31). The van der Waals surface area contributed by atoms with Crippen LogP contribution in [-0.2, 0) is 24.8 Å². The van der Waals surface area contributed by atoms with Gasteiger partial charge in [-0.25, -0.2) is 16.8 Å². The number of aryl methyl sites for hydroxylation is 2. The van der Waals surface area contributed by atoms with Crippen LogP contribution in [0, 0.1) is 13.8 Å². The van der Waals surface area contributed by atoms with Gasteiger partial charge in [0.2, 0.25) is 15.9 Å². The van der Waals surface area contributed by atoms with Crippen molar-refractivity contribution in [1.29, 1.82) is 0 Å². The van der Waals surface area contributed by atoms with Gasteiger partial charge in [0.1, 0.15) is 6.54 Å². The maximum Gasteiger partial charge on any atom is 0.261 e. The molecule has 0 saturated carbocycles. The van der Waals surface area contributed by atoms with Crippen molar-refractivity contribution in [1.82, 2.24) is 0 Å². The average molecular weight is 538 g/mol. The maximum absolute atomic E-state index is 12.8. The lowest BCUT2D eigenvalue weighted by molar-refractivity contribution is -0.114. The summed E-state index contributed by atoms with van der Waals surface area (Å²) in [5, 5.41) is 4.19. The van der Waals surface area contributed by atoms with Crippen molar-refractivity contribution in [2.24, 2.45) is 0 Å². The number of carbonyl (C=O) groups excluding carboxylic acids is 1. The Labute approximate surface area is 217 Å². The van der Waals surface area contributed by atoms with Crippen LogP contribution in [0.4, 0.5) is 17.1 Å². The summed E-state index contributed by atoms with van der Waals surface area (Å²) in [4.78, 5) is 12.8. The molecule has 37 heavy (non-hydrogen) atoms. The molecule has 0 saturated heterocycles.